The molecule has 1 aromatic rings. The van der Waals surface area contributed by atoms with Crippen molar-refractivity contribution in [1.29, 1.82) is 0 Å². The van der Waals surface area contributed by atoms with Crippen LogP contribution in [0.25, 0.3) is 0 Å². The largest absolute Gasteiger partial charge is 0.465 e. The minimum atomic E-state index is -3.61. The summed E-state index contributed by atoms with van der Waals surface area (Å²) in [6, 6.07) is 1.41. The molecule has 0 bridgehead atoms. The molecular formula is C6H9NO3S. The summed E-state index contributed by atoms with van der Waals surface area (Å²) >= 11 is 0. The lowest BCUT2D eigenvalue weighted by Crippen LogP contribution is -2.12. The number of hydrogen-bond acceptors (Lipinski definition) is 3. The minimum Gasteiger partial charge on any atom is -0.465 e. The highest BCUT2D eigenvalue weighted by atomic mass is 32.2. The van der Waals surface area contributed by atoms with Crippen LogP contribution in [0, 0.1) is 13.8 Å². The third-order valence-electron chi connectivity index (χ3n) is 1.30. The number of sulfonamides is 1. The van der Waals surface area contributed by atoms with E-state index in [-0.39, 0.29) is 4.90 Å². The van der Waals surface area contributed by atoms with Crippen molar-refractivity contribution in [3.63, 3.8) is 0 Å². The van der Waals surface area contributed by atoms with Crippen LogP contribution < -0.4 is 5.14 Å². The number of primary sulfonamides is 1. The molecule has 1 heterocycles. The molecule has 0 fully saturated rings. The Bertz CT molecular complexity index is 363. The van der Waals surface area contributed by atoms with Crippen LogP contribution in [-0.2, 0) is 10.0 Å². The van der Waals surface area contributed by atoms with E-state index in [2.05, 4.69) is 0 Å². The summed E-state index contributed by atoms with van der Waals surface area (Å²) in [7, 11) is -3.61. The first-order valence-electron chi connectivity index (χ1n) is 3.01. The molecule has 0 aromatic carbocycles. The van der Waals surface area contributed by atoms with E-state index in [0.29, 0.717) is 11.5 Å². The van der Waals surface area contributed by atoms with Gasteiger partial charge < -0.3 is 4.42 Å². The van der Waals surface area contributed by atoms with Gasteiger partial charge in [-0.25, -0.2) is 13.6 Å². The molecule has 62 valence electrons. The summed E-state index contributed by atoms with van der Waals surface area (Å²) in [4.78, 5) is 0.0648. The zero-order chi connectivity index (χ0) is 8.65. The molecule has 0 saturated carbocycles. The average molecular weight is 175 g/mol. The van der Waals surface area contributed by atoms with Gasteiger partial charge in [-0.05, 0) is 19.9 Å². The highest BCUT2D eigenvalue weighted by Crippen LogP contribution is 2.17. The van der Waals surface area contributed by atoms with Crippen LogP contribution in [-0.4, -0.2) is 8.42 Å². The van der Waals surface area contributed by atoms with Crippen molar-refractivity contribution in [2.45, 2.75) is 18.7 Å². The normalized spacial score (nSPS) is 11.9. The molecule has 0 atom stereocenters. The van der Waals surface area contributed by atoms with Crippen LogP contribution in [0.4, 0.5) is 0 Å². The maximum Gasteiger partial charge on any atom is 0.241 e. The maximum absolute atomic E-state index is 10.8. The zero-order valence-corrected chi connectivity index (χ0v) is 7.10. The van der Waals surface area contributed by atoms with Gasteiger partial charge in [0.25, 0.3) is 0 Å². The van der Waals surface area contributed by atoms with Crippen molar-refractivity contribution in [3.8, 4) is 0 Å². The van der Waals surface area contributed by atoms with E-state index in [4.69, 9.17) is 9.56 Å². The minimum absolute atomic E-state index is 0.0648. The fraction of sp³-hybridized carbons (Fsp3) is 0.333. The number of rotatable bonds is 1. The Hall–Kier alpha value is -0.810. The monoisotopic (exact) mass is 175 g/mol. The lowest BCUT2D eigenvalue weighted by Gasteiger charge is -1.90. The van der Waals surface area contributed by atoms with Crippen molar-refractivity contribution in [2.75, 3.05) is 0 Å². The van der Waals surface area contributed by atoms with E-state index in [1.54, 1.807) is 13.8 Å². The van der Waals surface area contributed by atoms with Gasteiger partial charge >= 0.3 is 0 Å². The van der Waals surface area contributed by atoms with Crippen molar-refractivity contribution < 1.29 is 12.8 Å². The molecule has 0 amide bonds. The lowest BCUT2D eigenvalue weighted by atomic mass is 10.4. The van der Waals surface area contributed by atoms with E-state index in [0.717, 1.165) is 0 Å². The van der Waals surface area contributed by atoms with E-state index >= 15 is 0 Å². The second-order valence-electron chi connectivity index (χ2n) is 2.32. The molecule has 5 heteroatoms. The van der Waals surface area contributed by atoms with E-state index in [1.165, 1.54) is 6.07 Å². The van der Waals surface area contributed by atoms with Gasteiger partial charge in [0.1, 0.15) is 16.4 Å². The van der Waals surface area contributed by atoms with Crippen LogP contribution in [0.5, 0.6) is 0 Å². The van der Waals surface area contributed by atoms with Crippen molar-refractivity contribution in [3.05, 3.63) is 17.6 Å². The average Bonchev–Trinajstić information content (AvgIpc) is 2.08. The van der Waals surface area contributed by atoms with Gasteiger partial charge in [0.2, 0.25) is 10.0 Å². The summed E-state index contributed by atoms with van der Waals surface area (Å²) in [5, 5.41) is 4.88. The second kappa shape index (κ2) is 2.35. The Balaban J connectivity index is 3.36. The second-order valence-corrected chi connectivity index (χ2v) is 3.85. The Morgan fingerprint density at radius 3 is 2.18 bits per heavy atom. The van der Waals surface area contributed by atoms with E-state index < -0.39 is 10.0 Å². The van der Waals surface area contributed by atoms with Crippen molar-refractivity contribution in [2.24, 2.45) is 5.14 Å². The Morgan fingerprint density at radius 2 is 2.00 bits per heavy atom. The van der Waals surface area contributed by atoms with Gasteiger partial charge in [-0.15, -0.1) is 0 Å². The van der Waals surface area contributed by atoms with Crippen LogP contribution in [0.1, 0.15) is 11.5 Å². The summed E-state index contributed by atoms with van der Waals surface area (Å²) in [5.41, 5.74) is 0. The molecule has 1 aromatic heterocycles. The first-order chi connectivity index (χ1) is 4.91. The van der Waals surface area contributed by atoms with Crippen molar-refractivity contribution >= 4 is 10.0 Å². The summed E-state index contributed by atoms with van der Waals surface area (Å²) in [5.74, 6) is 0.886. The number of furan rings is 1. The molecule has 0 unspecified atom stereocenters. The van der Waals surface area contributed by atoms with Crippen LogP contribution in [0.3, 0.4) is 0 Å². The smallest absolute Gasteiger partial charge is 0.241 e. The molecule has 0 spiro atoms. The zero-order valence-electron chi connectivity index (χ0n) is 6.29. The van der Waals surface area contributed by atoms with Crippen molar-refractivity contribution in [1.82, 2.24) is 0 Å². The van der Waals surface area contributed by atoms with Gasteiger partial charge in [-0.1, -0.05) is 0 Å². The Morgan fingerprint density at radius 1 is 1.45 bits per heavy atom. The van der Waals surface area contributed by atoms with Crippen LogP contribution in [0.15, 0.2) is 15.4 Å². The molecule has 0 aliphatic carbocycles. The van der Waals surface area contributed by atoms with Gasteiger partial charge in [-0.2, -0.15) is 0 Å². The quantitative estimate of drug-likeness (QED) is 0.677. The number of nitrogens with two attached hydrogens (primary N) is 1. The SMILES string of the molecule is Cc1cc(S(N)(=O)=O)c(C)o1. The molecule has 2 N–H and O–H groups in total. The van der Waals surface area contributed by atoms with Gasteiger partial charge in [0.15, 0.2) is 0 Å². The predicted octanol–water partition coefficient (Wildman–Crippen LogP) is 0.544. The van der Waals surface area contributed by atoms with Crippen LogP contribution >= 0.6 is 0 Å². The molecule has 0 aliphatic rings. The van der Waals surface area contributed by atoms with Crippen LogP contribution in [0.2, 0.25) is 0 Å². The molecule has 1 rings (SSSR count). The lowest BCUT2D eigenvalue weighted by molar-refractivity contribution is 0.496. The summed E-state index contributed by atoms with van der Waals surface area (Å²) < 4.78 is 26.6. The standard InChI is InChI=1S/C6H9NO3S/c1-4-3-6(5(2)10-4)11(7,8)9/h3H,1-2H3,(H2,7,8,9). The molecule has 11 heavy (non-hydrogen) atoms. The topological polar surface area (TPSA) is 73.3 Å². The molecular weight excluding hydrogens is 166 g/mol. The van der Waals surface area contributed by atoms with Gasteiger partial charge in [0, 0.05) is 0 Å². The summed E-state index contributed by atoms with van der Waals surface area (Å²) in [6.45, 7) is 3.23. The van der Waals surface area contributed by atoms with Gasteiger partial charge in [-0.3, -0.25) is 0 Å². The van der Waals surface area contributed by atoms with E-state index in [1.807, 2.05) is 0 Å². The predicted molar refractivity (Wildman–Crippen MR) is 39.6 cm³/mol. The fourth-order valence-corrected chi connectivity index (χ4v) is 1.66. The first-order valence-corrected chi connectivity index (χ1v) is 4.56. The van der Waals surface area contributed by atoms with Gasteiger partial charge in [0.05, 0.1) is 0 Å². The highest BCUT2D eigenvalue weighted by molar-refractivity contribution is 7.89. The molecule has 0 saturated heterocycles. The number of hydrogen-bond donors (Lipinski definition) is 1. The molecule has 0 radical (unpaired) electrons. The maximum atomic E-state index is 10.8. The summed E-state index contributed by atoms with van der Waals surface area (Å²) in [6.07, 6.45) is 0. The third-order valence-corrected chi connectivity index (χ3v) is 2.32. The first kappa shape index (κ1) is 8.29. The number of aryl methyl sites for hydroxylation is 2. The Kier molecular flexibility index (Phi) is 1.77. The highest BCUT2D eigenvalue weighted by Gasteiger charge is 2.14. The Labute approximate surface area is 65.1 Å². The fourth-order valence-electron chi connectivity index (χ4n) is 0.890. The molecule has 0 aliphatic heterocycles. The van der Waals surface area contributed by atoms with E-state index in [9.17, 15) is 8.42 Å². The third kappa shape index (κ3) is 1.61. The molecule has 4 nitrogen and oxygen atoms in total.